The minimum atomic E-state index is -1.09. The number of carbonyl (C=O) groups excluding carboxylic acids is 2. The highest BCUT2D eigenvalue weighted by molar-refractivity contribution is 5.86. The van der Waals surface area contributed by atoms with Gasteiger partial charge >= 0.3 is 23.9 Å². The van der Waals surface area contributed by atoms with Crippen LogP contribution in [0.3, 0.4) is 0 Å². The number of hydrogen-bond donors (Lipinski definition) is 2. The smallest absolute Gasteiger partial charge is 0.328 e. The van der Waals surface area contributed by atoms with Crippen molar-refractivity contribution in [1.29, 1.82) is 0 Å². The van der Waals surface area contributed by atoms with Gasteiger partial charge in [-0.15, -0.1) is 0 Å². The molecule has 36 heavy (non-hydrogen) atoms. The molecule has 0 bridgehead atoms. The first-order chi connectivity index (χ1) is 17.2. The molecule has 0 aliphatic carbocycles. The minimum Gasteiger partial charge on any atom is -0.493 e. The molecule has 10 nitrogen and oxygen atoms in total. The average molecular weight is 498 g/mol. The molecule has 10 heteroatoms. The number of carbonyl (C=O) groups is 4. The molecule has 0 heterocycles. The lowest BCUT2D eigenvalue weighted by Gasteiger charge is -2.11. The van der Waals surface area contributed by atoms with E-state index in [1.807, 2.05) is 0 Å². The van der Waals surface area contributed by atoms with Crippen molar-refractivity contribution in [2.75, 3.05) is 14.2 Å². The van der Waals surface area contributed by atoms with Crippen LogP contribution < -0.4 is 18.9 Å². The number of benzene rings is 2. The van der Waals surface area contributed by atoms with Gasteiger partial charge in [-0.2, -0.15) is 0 Å². The topological polar surface area (TPSA) is 146 Å². The van der Waals surface area contributed by atoms with Crippen molar-refractivity contribution >= 4 is 36.0 Å². The lowest BCUT2D eigenvalue weighted by atomic mass is 10.1. The van der Waals surface area contributed by atoms with Gasteiger partial charge in [0.05, 0.1) is 14.2 Å². The summed E-state index contributed by atoms with van der Waals surface area (Å²) in [5.41, 5.74) is 1.13. The summed E-state index contributed by atoms with van der Waals surface area (Å²) in [6.07, 6.45) is 5.62. The van der Waals surface area contributed by atoms with Crippen molar-refractivity contribution in [3.05, 3.63) is 59.7 Å². The van der Waals surface area contributed by atoms with E-state index in [4.69, 9.17) is 29.2 Å². The van der Waals surface area contributed by atoms with Crippen LogP contribution in [0, 0.1) is 0 Å². The second-order valence-electron chi connectivity index (χ2n) is 7.32. The second-order valence-corrected chi connectivity index (χ2v) is 7.32. The standard InChI is InChI=1S/C26H26O10/c1-33-21-15-17(9-13-23(27)28)7-11-19(21)35-25(31)5-3-4-6-26(32)36-20-12-8-18(10-14-24(29)30)16-22(20)34-2/h7-16H,3-6H2,1-2H3,(H,27,28)(H,29,30)/b13-9+,14-10+. The Morgan fingerprint density at radius 2 is 1.06 bits per heavy atom. The normalized spacial score (nSPS) is 10.8. The third-order valence-corrected chi connectivity index (χ3v) is 4.67. The van der Waals surface area contributed by atoms with Gasteiger partial charge in [-0.3, -0.25) is 9.59 Å². The number of hydrogen-bond acceptors (Lipinski definition) is 8. The van der Waals surface area contributed by atoms with Crippen molar-refractivity contribution in [2.24, 2.45) is 0 Å². The lowest BCUT2D eigenvalue weighted by molar-refractivity contribution is -0.136. The lowest BCUT2D eigenvalue weighted by Crippen LogP contribution is -2.11. The summed E-state index contributed by atoms with van der Waals surface area (Å²) in [5, 5.41) is 17.4. The van der Waals surface area contributed by atoms with E-state index in [0.29, 0.717) is 24.0 Å². The Morgan fingerprint density at radius 3 is 1.39 bits per heavy atom. The molecule has 2 aromatic carbocycles. The molecular formula is C26H26O10. The maximum Gasteiger partial charge on any atom is 0.328 e. The summed E-state index contributed by atoms with van der Waals surface area (Å²) in [6.45, 7) is 0. The summed E-state index contributed by atoms with van der Waals surface area (Å²) in [7, 11) is 2.80. The molecule has 2 N–H and O–H groups in total. The van der Waals surface area contributed by atoms with Gasteiger partial charge in [-0.1, -0.05) is 12.1 Å². The number of carboxylic acid groups (broad SMARTS) is 2. The third-order valence-electron chi connectivity index (χ3n) is 4.67. The van der Waals surface area contributed by atoms with Gasteiger partial charge in [0, 0.05) is 25.0 Å². The van der Waals surface area contributed by atoms with Crippen molar-refractivity contribution < 1.29 is 48.3 Å². The molecule has 0 radical (unpaired) electrons. The van der Waals surface area contributed by atoms with Crippen LogP contribution in [0.2, 0.25) is 0 Å². The molecule has 0 unspecified atom stereocenters. The van der Waals surface area contributed by atoms with Crippen LogP contribution >= 0.6 is 0 Å². The van der Waals surface area contributed by atoms with Crippen molar-refractivity contribution in [1.82, 2.24) is 0 Å². The molecule has 0 aromatic heterocycles. The summed E-state index contributed by atoms with van der Waals surface area (Å²) in [5.74, 6) is -2.25. The van der Waals surface area contributed by atoms with Gasteiger partial charge < -0.3 is 29.2 Å². The third kappa shape index (κ3) is 9.34. The van der Waals surface area contributed by atoms with Crippen molar-refractivity contribution in [3.63, 3.8) is 0 Å². The maximum absolute atomic E-state index is 12.2. The first kappa shape index (κ1) is 27.6. The summed E-state index contributed by atoms with van der Waals surface area (Å²) >= 11 is 0. The van der Waals surface area contributed by atoms with Gasteiger partial charge in [0.25, 0.3) is 0 Å². The zero-order valence-electron chi connectivity index (χ0n) is 19.8. The fourth-order valence-corrected chi connectivity index (χ4v) is 2.97. The number of methoxy groups -OCH3 is 2. The SMILES string of the molecule is COc1cc(/C=C/C(=O)O)ccc1OC(=O)CCCCC(=O)Oc1ccc(/C=C/C(=O)O)cc1OC. The van der Waals surface area contributed by atoms with E-state index >= 15 is 0 Å². The molecule has 0 spiro atoms. The van der Waals surface area contributed by atoms with Gasteiger partial charge in [0.2, 0.25) is 0 Å². The Bertz CT molecular complexity index is 1070. The summed E-state index contributed by atoms with van der Waals surface area (Å²) < 4.78 is 21.0. The largest absolute Gasteiger partial charge is 0.493 e. The quantitative estimate of drug-likeness (QED) is 0.180. The van der Waals surface area contributed by atoms with Crippen LogP contribution in [0.4, 0.5) is 0 Å². The number of unbranched alkanes of at least 4 members (excludes halogenated alkanes) is 1. The Kier molecular flexibility index (Phi) is 10.7. The number of carboxylic acids is 2. The first-order valence-corrected chi connectivity index (χ1v) is 10.8. The molecule has 0 fully saturated rings. The second kappa shape index (κ2) is 14.0. The fourth-order valence-electron chi connectivity index (χ4n) is 2.97. The van der Waals surface area contributed by atoms with Gasteiger partial charge in [-0.05, 0) is 60.4 Å². The van der Waals surface area contributed by atoms with Crippen LogP contribution in [0.15, 0.2) is 48.6 Å². The Labute approximate surface area is 207 Å². The molecule has 0 saturated carbocycles. The molecule has 0 aliphatic rings. The van der Waals surface area contributed by atoms with Crippen LogP contribution in [0.25, 0.3) is 12.2 Å². The summed E-state index contributed by atoms with van der Waals surface area (Å²) in [6, 6.07) is 9.27. The van der Waals surface area contributed by atoms with E-state index in [1.54, 1.807) is 24.3 Å². The van der Waals surface area contributed by atoms with Crippen LogP contribution in [-0.2, 0) is 19.2 Å². The molecule has 2 aromatic rings. The number of ether oxygens (including phenoxy) is 4. The predicted molar refractivity (Wildman–Crippen MR) is 129 cm³/mol. The first-order valence-electron chi connectivity index (χ1n) is 10.8. The number of rotatable bonds is 13. The molecule has 190 valence electrons. The zero-order chi connectivity index (χ0) is 26.5. The van der Waals surface area contributed by atoms with E-state index in [-0.39, 0.29) is 35.8 Å². The van der Waals surface area contributed by atoms with Crippen LogP contribution in [0.5, 0.6) is 23.0 Å². The van der Waals surface area contributed by atoms with Gasteiger partial charge in [0.1, 0.15) is 0 Å². The Balaban J connectivity index is 1.82. The van der Waals surface area contributed by atoms with E-state index < -0.39 is 23.9 Å². The van der Waals surface area contributed by atoms with Gasteiger partial charge in [-0.25, -0.2) is 9.59 Å². The monoisotopic (exact) mass is 498 g/mol. The average Bonchev–Trinajstić information content (AvgIpc) is 2.85. The number of esters is 2. The number of aliphatic carboxylic acids is 2. The van der Waals surface area contributed by atoms with E-state index in [1.165, 1.54) is 38.5 Å². The van der Waals surface area contributed by atoms with Gasteiger partial charge in [0.15, 0.2) is 23.0 Å². The minimum absolute atomic E-state index is 0.0605. The molecule has 0 atom stereocenters. The van der Waals surface area contributed by atoms with Crippen molar-refractivity contribution in [3.8, 4) is 23.0 Å². The molecular weight excluding hydrogens is 472 g/mol. The van der Waals surface area contributed by atoms with E-state index in [9.17, 15) is 19.2 Å². The summed E-state index contributed by atoms with van der Waals surface area (Å²) in [4.78, 5) is 45.6. The van der Waals surface area contributed by atoms with E-state index in [2.05, 4.69) is 0 Å². The van der Waals surface area contributed by atoms with Crippen molar-refractivity contribution in [2.45, 2.75) is 25.7 Å². The highest BCUT2D eigenvalue weighted by Crippen LogP contribution is 2.30. The highest BCUT2D eigenvalue weighted by Gasteiger charge is 2.13. The zero-order valence-corrected chi connectivity index (χ0v) is 19.8. The molecule has 2 rings (SSSR count). The maximum atomic E-state index is 12.2. The van der Waals surface area contributed by atoms with Crippen LogP contribution in [0.1, 0.15) is 36.8 Å². The van der Waals surface area contributed by atoms with Crippen LogP contribution in [-0.4, -0.2) is 48.3 Å². The van der Waals surface area contributed by atoms with E-state index in [0.717, 1.165) is 12.2 Å². The molecule has 0 saturated heterocycles. The highest BCUT2D eigenvalue weighted by atomic mass is 16.6. The molecule has 0 amide bonds. The fraction of sp³-hybridized carbons (Fsp3) is 0.231. The molecule has 0 aliphatic heterocycles. The Morgan fingerprint density at radius 1 is 0.667 bits per heavy atom. The Hall–Kier alpha value is -4.60. The predicted octanol–water partition coefficient (Wildman–Crippen LogP) is 3.97.